The highest BCUT2D eigenvalue weighted by Gasteiger charge is 2.15. The topological polar surface area (TPSA) is 56.8 Å². The molecule has 1 atom stereocenters. The van der Waals surface area contributed by atoms with Crippen molar-refractivity contribution in [1.82, 2.24) is 5.32 Å². The van der Waals surface area contributed by atoms with Gasteiger partial charge in [-0.05, 0) is 33.3 Å². The van der Waals surface area contributed by atoms with E-state index < -0.39 is 6.09 Å². The van der Waals surface area contributed by atoms with E-state index >= 15 is 0 Å². The second-order valence-corrected chi connectivity index (χ2v) is 6.19. The Bertz CT molecular complexity index is 428. The summed E-state index contributed by atoms with van der Waals surface area (Å²) in [5.41, 5.74) is 0.838. The van der Waals surface area contributed by atoms with Crippen LogP contribution in [-0.2, 0) is 20.8 Å². The molecule has 1 amide bonds. The molecule has 1 unspecified atom stereocenters. The minimum atomic E-state index is -0.428. The largest absolute Gasteiger partial charge is 0.447 e. The van der Waals surface area contributed by atoms with Gasteiger partial charge in [0, 0.05) is 5.54 Å². The monoisotopic (exact) mass is 309 g/mol. The van der Waals surface area contributed by atoms with Crippen LogP contribution < -0.4 is 5.32 Å². The van der Waals surface area contributed by atoms with Crippen LogP contribution in [-0.4, -0.2) is 37.6 Å². The zero-order chi connectivity index (χ0) is 16.4. The van der Waals surface area contributed by atoms with E-state index in [1.165, 1.54) is 0 Å². The van der Waals surface area contributed by atoms with Crippen LogP contribution in [0.2, 0.25) is 0 Å². The standard InChI is InChI=1S/C17H27NO4/c1-14(12-22-16(19)18-17(2,3)4)21-11-10-20-13-15-8-6-5-7-9-15/h5-9,14H,10-13H2,1-4H3,(H,18,19). The van der Waals surface area contributed by atoms with Crippen molar-refractivity contribution in [2.45, 2.75) is 45.9 Å². The van der Waals surface area contributed by atoms with Gasteiger partial charge in [-0.25, -0.2) is 4.79 Å². The number of nitrogens with one attached hydrogen (secondary N) is 1. The van der Waals surface area contributed by atoms with Crippen LogP contribution in [0.25, 0.3) is 0 Å². The highest BCUT2D eigenvalue weighted by atomic mass is 16.6. The third kappa shape index (κ3) is 9.37. The lowest BCUT2D eigenvalue weighted by molar-refractivity contribution is -0.0182. The van der Waals surface area contributed by atoms with Gasteiger partial charge >= 0.3 is 6.09 Å². The van der Waals surface area contributed by atoms with Crippen LogP contribution in [0.4, 0.5) is 4.79 Å². The zero-order valence-electron chi connectivity index (χ0n) is 13.9. The molecule has 0 bridgehead atoms. The highest BCUT2D eigenvalue weighted by molar-refractivity contribution is 5.68. The zero-order valence-corrected chi connectivity index (χ0v) is 13.9. The number of rotatable bonds is 8. The van der Waals surface area contributed by atoms with Gasteiger partial charge in [-0.15, -0.1) is 0 Å². The van der Waals surface area contributed by atoms with Gasteiger partial charge in [0.1, 0.15) is 6.61 Å². The number of hydrogen-bond donors (Lipinski definition) is 1. The van der Waals surface area contributed by atoms with Crippen LogP contribution in [0.1, 0.15) is 33.3 Å². The number of amides is 1. The first-order valence-corrected chi connectivity index (χ1v) is 7.55. The summed E-state index contributed by atoms with van der Waals surface area (Å²) in [7, 11) is 0. The van der Waals surface area contributed by atoms with Gasteiger partial charge in [-0.1, -0.05) is 30.3 Å². The van der Waals surface area contributed by atoms with Gasteiger partial charge in [-0.2, -0.15) is 0 Å². The maximum atomic E-state index is 11.5. The van der Waals surface area contributed by atoms with Crippen LogP contribution in [0.3, 0.4) is 0 Å². The lowest BCUT2D eigenvalue weighted by Gasteiger charge is -2.21. The van der Waals surface area contributed by atoms with Crippen LogP contribution in [0.5, 0.6) is 0 Å². The molecule has 124 valence electrons. The van der Waals surface area contributed by atoms with Gasteiger partial charge in [0.15, 0.2) is 0 Å². The Labute approximate surface area is 132 Å². The molecule has 0 radical (unpaired) electrons. The first-order valence-electron chi connectivity index (χ1n) is 7.55. The smallest absolute Gasteiger partial charge is 0.407 e. The molecule has 5 heteroatoms. The summed E-state index contributed by atoms with van der Waals surface area (Å²) in [5.74, 6) is 0. The summed E-state index contributed by atoms with van der Waals surface area (Å²) >= 11 is 0. The summed E-state index contributed by atoms with van der Waals surface area (Å²) in [6.07, 6.45) is -0.589. The number of carbonyl (C=O) groups excluding carboxylic acids is 1. The molecule has 0 heterocycles. The maximum Gasteiger partial charge on any atom is 0.407 e. The number of carbonyl (C=O) groups is 1. The van der Waals surface area contributed by atoms with Gasteiger partial charge in [0.2, 0.25) is 0 Å². The third-order valence-corrected chi connectivity index (χ3v) is 2.67. The maximum absolute atomic E-state index is 11.5. The van der Waals surface area contributed by atoms with Crippen LogP contribution in [0, 0.1) is 0 Å². The molecule has 5 nitrogen and oxygen atoms in total. The van der Waals surface area contributed by atoms with E-state index in [0.29, 0.717) is 19.8 Å². The molecule has 0 saturated heterocycles. The fourth-order valence-electron chi connectivity index (χ4n) is 1.66. The lowest BCUT2D eigenvalue weighted by atomic mass is 10.1. The Morgan fingerprint density at radius 1 is 1.18 bits per heavy atom. The van der Waals surface area contributed by atoms with E-state index in [2.05, 4.69) is 5.32 Å². The number of hydrogen-bond acceptors (Lipinski definition) is 4. The van der Waals surface area contributed by atoms with Crippen LogP contribution in [0.15, 0.2) is 30.3 Å². The Hall–Kier alpha value is -1.59. The van der Waals surface area contributed by atoms with Gasteiger partial charge in [0.05, 0.1) is 25.9 Å². The molecule has 0 aromatic heterocycles. The molecule has 1 N–H and O–H groups in total. The van der Waals surface area contributed by atoms with E-state index in [0.717, 1.165) is 5.56 Å². The first kappa shape index (κ1) is 18.5. The molecular weight excluding hydrogens is 282 g/mol. The van der Waals surface area contributed by atoms with E-state index in [-0.39, 0.29) is 18.2 Å². The van der Waals surface area contributed by atoms with Crippen molar-refractivity contribution in [1.29, 1.82) is 0 Å². The average Bonchev–Trinajstić information content (AvgIpc) is 2.44. The minimum absolute atomic E-state index is 0.161. The number of alkyl carbamates (subject to hydrolysis) is 1. The van der Waals surface area contributed by atoms with E-state index in [1.807, 2.05) is 58.0 Å². The molecule has 0 saturated carbocycles. The molecule has 22 heavy (non-hydrogen) atoms. The molecule has 0 aliphatic carbocycles. The average molecular weight is 309 g/mol. The van der Waals surface area contributed by atoms with Crippen molar-refractivity contribution in [3.8, 4) is 0 Å². The Balaban J connectivity index is 2.04. The Kier molecular flexibility index (Phi) is 7.91. The van der Waals surface area contributed by atoms with E-state index in [9.17, 15) is 4.79 Å². The molecule has 0 spiro atoms. The Morgan fingerprint density at radius 3 is 2.50 bits per heavy atom. The summed E-state index contributed by atoms with van der Waals surface area (Å²) in [6, 6.07) is 9.98. The van der Waals surface area contributed by atoms with E-state index in [4.69, 9.17) is 14.2 Å². The fraction of sp³-hybridized carbons (Fsp3) is 0.588. The van der Waals surface area contributed by atoms with Gasteiger partial charge in [0.25, 0.3) is 0 Å². The SMILES string of the molecule is CC(COC(=O)NC(C)(C)C)OCCOCc1ccccc1. The van der Waals surface area contributed by atoms with Crippen molar-refractivity contribution in [2.75, 3.05) is 19.8 Å². The highest BCUT2D eigenvalue weighted by Crippen LogP contribution is 2.02. The molecule has 0 fully saturated rings. The van der Waals surface area contributed by atoms with Crippen molar-refractivity contribution in [3.05, 3.63) is 35.9 Å². The fourth-order valence-corrected chi connectivity index (χ4v) is 1.66. The van der Waals surface area contributed by atoms with Gasteiger partial charge < -0.3 is 19.5 Å². The summed E-state index contributed by atoms with van der Waals surface area (Å²) < 4.78 is 16.1. The second kappa shape index (κ2) is 9.43. The molecule has 1 aromatic rings. The molecular formula is C17H27NO4. The molecule has 0 aliphatic rings. The normalized spacial score (nSPS) is 12.7. The molecule has 1 rings (SSSR count). The molecule has 0 aliphatic heterocycles. The minimum Gasteiger partial charge on any atom is -0.447 e. The van der Waals surface area contributed by atoms with Crippen molar-refractivity contribution >= 4 is 6.09 Å². The van der Waals surface area contributed by atoms with Crippen molar-refractivity contribution in [3.63, 3.8) is 0 Å². The van der Waals surface area contributed by atoms with E-state index in [1.54, 1.807) is 0 Å². The number of ether oxygens (including phenoxy) is 3. The lowest BCUT2D eigenvalue weighted by Crippen LogP contribution is -2.41. The van der Waals surface area contributed by atoms with Crippen molar-refractivity contribution < 1.29 is 19.0 Å². The predicted octanol–water partition coefficient (Wildman–Crippen LogP) is 3.13. The summed E-state index contributed by atoms with van der Waals surface area (Å²) in [6.45, 7) is 9.34. The van der Waals surface area contributed by atoms with Gasteiger partial charge in [-0.3, -0.25) is 0 Å². The van der Waals surface area contributed by atoms with Crippen LogP contribution >= 0.6 is 0 Å². The first-order chi connectivity index (χ1) is 10.4. The predicted molar refractivity (Wildman–Crippen MR) is 85.7 cm³/mol. The number of benzene rings is 1. The van der Waals surface area contributed by atoms with Crippen molar-refractivity contribution in [2.24, 2.45) is 0 Å². The third-order valence-electron chi connectivity index (χ3n) is 2.67. The molecule has 1 aromatic carbocycles. The summed E-state index contributed by atoms with van der Waals surface area (Å²) in [5, 5.41) is 2.73. The Morgan fingerprint density at radius 2 is 1.86 bits per heavy atom. The second-order valence-electron chi connectivity index (χ2n) is 6.19. The summed E-state index contributed by atoms with van der Waals surface area (Å²) in [4.78, 5) is 11.5. The quantitative estimate of drug-likeness (QED) is 0.750.